The van der Waals surface area contributed by atoms with Crippen LogP contribution in [0.2, 0.25) is 0 Å². The van der Waals surface area contributed by atoms with Crippen LogP contribution in [0.3, 0.4) is 0 Å². The molecule has 0 fully saturated rings. The fourth-order valence-corrected chi connectivity index (χ4v) is 13.2. The van der Waals surface area contributed by atoms with Gasteiger partial charge in [-0.15, -0.1) is 0 Å². The minimum atomic E-state index is -4.96. The average Bonchev–Trinajstić information content (AvgIpc) is 2.41. The van der Waals surface area contributed by atoms with E-state index in [1.807, 2.05) is 0 Å². The van der Waals surface area contributed by atoms with Crippen molar-refractivity contribution in [2.75, 3.05) is 39.6 Å². The Kier molecular flexibility index (Phi) is 66.5. The molecule has 564 valence electrons. The number of phosphoric ester groups is 2. The molecule has 0 amide bonds. The van der Waals surface area contributed by atoms with Gasteiger partial charge < -0.3 is 33.8 Å². The molecule has 0 bridgehead atoms. The third-order valence-corrected chi connectivity index (χ3v) is 19.6. The van der Waals surface area contributed by atoms with Gasteiger partial charge in [0.15, 0.2) is 12.2 Å². The smallest absolute Gasteiger partial charge is 0.462 e. The summed E-state index contributed by atoms with van der Waals surface area (Å²) < 4.78 is 68.5. The molecule has 0 saturated heterocycles. The monoisotopic (exact) mass is 1400 g/mol. The predicted molar refractivity (Wildman–Crippen MR) is 386 cm³/mol. The zero-order valence-corrected chi connectivity index (χ0v) is 63.8. The molecule has 0 aromatic heterocycles. The lowest BCUT2D eigenvalue weighted by Crippen LogP contribution is -2.30. The van der Waals surface area contributed by atoms with Crippen LogP contribution in [-0.2, 0) is 65.4 Å². The molecule has 19 heteroatoms. The maximum Gasteiger partial charge on any atom is 0.472 e. The quantitative estimate of drug-likeness (QED) is 0.0222. The van der Waals surface area contributed by atoms with E-state index in [2.05, 4.69) is 41.5 Å². The Morgan fingerprint density at radius 3 is 0.716 bits per heavy atom. The van der Waals surface area contributed by atoms with Gasteiger partial charge in [0.25, 0.3) is 0 Å². The molecule has 17 nitrogen and oxygen atoms in total. The summed E-state index contributed by atoms with van der Waals surface area (Å²) in [6.07, 6.45) is 55.4. The number of aliphatic hydroxyl groups is 1. The number of carbonyl (C=O) groups excluding carboxylic acids is 4. The number of hydrogen-bond donors (Lipinski definition) is 3. The summed E-state index contributed by atoms with van der Waals surface area (Å²) in [6.45, 7) is 9.60. The van der Waals surface area contributed by atoms with Gasteiger partial charge in [-0.05, 0) is 37.5 Å². The van der Waals surface area contributed by atoms with Crippen LogP contribution in [-0.4, -0.2) is 96.7 Å². The number of carbonyl (C=O) groups is 4. The number of phosphoric acid groups is 2. The molecule has 0 aliphatic carbocycles. The van der Waals surface area contributed by atoms with E-state index in [4.69, 9.17) is 37.0 Å². The number of hydrogen-bond acceptors (Lipinski definition) is 15. The Morgan fingerprint density at radius 1 is 0.284 bits per heavy atom. The van der Waals surface area contributed by atoms with E-state index in [1.54, 1.807) is 0 Å². The van der Waals surface area contributed by atoms with Gasteiger partial charge in [0.2, 0.25) is 0 Å². The predicted octanol–water partition coefficient (Wildman–Crippen LogP) is 22.3. The third kappa shape index (κ3) is 70.3. The number of rotatable bonds is 75. The van der Waals surface area contributed by atoms with Crippen LogP contribution >= 0.6 is 15.6 Å². The van der Waals surface area contributed by atoms with Crippen LogP contribution in [0.5, 0.6) is 0 Å². The van der Waals surface area contributed by atoms with Crippen molar-refractivity contribution >= 4 is 39.5 Å². The van der Waals surface area contributed by atoms with Crippen molar-refractivity contribution in [3.05, 3.63) is 0 Å². The van der Waals surface area contributed by atoms with E-state index in [0.29, 0.717) is 25.7 Å². The first kappa shape index (κ1) is 93.1. The summed E-state index contributed by atoms with van der Waals surface area (Å²) in [4.78, 5) is 72.8. The van der Waals surface area contributed by atoms with Crippen molar-refractivity contribution in [2.45, 2.75) is 413 Å². The van der Waals surface area contributed by atoms with Gasteiger partial charge >= 0.3 is 39.5 Å². The zero-order chi connectivity index (χ0) is 70.0. The lowest BCUT2D eigenvalue weighted by atomic mass is 10.0. The Labute approximate surface area is 581 Å². The highest BCUT2D eigenvalue weighted by atomic mass is 31.2. The van der Waals surface area contributed by atoms with Crippen molar-refractivity contribution in [3.8, 4) is 0 Å². The van der Waals surface area contributed by atoms with E-state index in [0.717, 1.165) is 102 Å². The molecule has 0 saturated carbocycles. The highest BCUT2D eigenvalue weighted by Crippen LogP contribution is 2.45. The lowest BCUT2D eigenvalue weighted by molar-refractivity contribution is -0.161. The van der Waals surface area contributed by atoms with Gasteiger partial charge in [-0.2, -0.15) is 0 Å². The zero-order valence-electron chi connectivity index (χ0n) is 62.0. The summed E-state index contributed by atoms with van der Waals surface area (Å²) in [7, 11) is -9.91. The Morgan fingerprint density at radius 2 is 0.484 bits per heavy atom. The standard InChI is InChI=1S/C76H148O17P2/c1-7-9-11-13-15-17-18-19-21-25-28-35-41-47-53-59-74(79)87-65-72(92-75(80)60-54-48-42-36-29-26-23-20-22-24-27-33-38-44-50-56-68(3)4)67-91-95(84,85)89-63-70(77)62-88-94(82,83)90-66-71(64-86-73(78)58-52-46-40-32-16-14-12-10-8-2)93-76(81)61-55-49-43-37-31-30-34-39-45-51-57-69(5)6/h68-72,77H,7-67H2,1-6H3,(H,82,83)(H,84,85)/t70-,71+,72+/m0/s1. The van der Waals surface area contributed by atoms with Gasteiger partial charge in [0.1, 0.15) is 19.3 Å². The SMILES string of the molecule is CCCCCCCCCCCCCCCCCC(=O)OC[C@H](COP(=O)(O)OC[C@@H](O)COP(=O)(O)OC[C@@H](COC(=O)CCCCCCCCCCC)OC(=O)CCCCCCCCCCCCC(C)C)OC(=O)CCCCCCCCCCCCCCCCCC(C)C. The molecular formula is C76H148O17P2. The maximum atomic E-state index is 13.1. The van der Waals surface area contributed by atoms with Crippen LogP contribution in [0.1, 0.15) is 395 Å². The molecule has 0 radical (unpaired) electrons. The van der Waals surface area contributed by atoms with E-state index in [9.17, 15) is 43.2 Å². The first-order valence-electron chi connectivity index (χ1n) is 39.5. The molecule has 2 unspecified atom stereocenters. The number of ether oxygens (including phenoxy) is 4. The molecule has 0 aromatic carbocycles. The van der Waals surface area contributed by atoms with Gasteiger partial charge in [0, 0.05) is 25.7 Å². The van der Waals surface area contributed by atoms with Gasteiger partial charge in [0.05, 0.1) is 26.4 Å². The first-order chi connectivity index (χ1) is 45.9. The molecule has 0 rings (SSSR count). The maximum absolute atomic E-state index is 13.1. The highest BCUT2D eigenvalue weighted by Gasteiger charge is 2.30. The topological polar surface area (TPSA) is 237 Å². The molecule has 95 heavy (non-hydrogen) atoms. The normalized spacial score (nSPS) is 14.0. The van der Waals surface area contributed by atoms with E-state index in [1.165, 1.54) is 212 Å². The fraction of sp³-hybridized carbons (Fsp3) is 0.947. The highest BCUT2D eigenvalue weighted by molar-refractivity contribution is 7.47. The van der Waals surface area contributed by atoms with Gasteiger partial charge in [-0.25, -0.2) is 9.13 Å². The first-order valence-corrected chi connectivity index (χ1v) is 42.5. The second kappa shape index (κ2) is 67.9. The number of unbranched alkanes of at least 4 members (excludes halogenated alkanes) is 45. The molecule has 5 atom stereocenters. The molecular weight excluding hydrogens is 1250 g/mol. The minimum absolute atomic E-state index is 0.106. The summed E-state index contributed by atoms with van der Waals surface area (Å²) in [5.74, 6) is -0.561. The van der Waals surface area contributed by atoms with Crippen LogP contribution in [0.25, 0.3) is 0 Å². The Hall–Kier alpha value is -1.94. The fourth-order valence-electron chi connectivity index (χ4n) is 11.7. The minimum Gasteiger partial charge on any atom is -0.462 e. The largest absolute Gasteiger partial charge is 0.472 e. The van der Waals surface area contributed by atoms with Crippen molar-refractivity contribution < 1.29 is 80.2 Å². The number of esters is 4. The van der Waals surface area contributed by atoms with Crippen molar-refractivity contribution in [1.29, 1.82) is 0 Å². The summed E-state index contributed by atoms with van der Waals surface area (Å²) in [5, 5.41) is 10.6. The average molecular weight is 1400 g/mol. The summed E-state index contributed by atoms with van der Waals surface area (Å²) in [6, 6.07) is 0. The van der Waals surface area contributed by atoms with E-state index >= 15 is 0 Å². The summed E-state index contributed by atoms with van der Waals surface area (Å²) in [5.41, 5.74) is 0. The van der Waals surface area contributed by atoms with Crippen LogP contribution in [0.4, 0.5) is 0 Å². The van der Waals surface area contributed by atoms with Crippen molar-refractivity contribution in [2.24, 2.45) is 11.8 Å². The van der Waals surface area contributed by atoms with Crippen LogP contribution < -0.4 is 0 Å². The van der Waals surface area contributed by atoms with Gasteiger partial charge in [-0.1, -0.05) is 343 Å². The Balaban J connectivity index is 5.23. The van der Waals surface area contributed by atoms with Crippen molar-refractivity contribution in [3.63, 3.8) is 0 Å². The Bertz CT molecular complexity index is 1840. The second-order valence-corrected chi connectivity index (χ2v) is 31.3. The summed E-state index contributed by atoms with van der Waals surface area (Å²) >= 11 is 0. The van der Waals surface area contributed by atoms with Crippen LogP contribution in [0, 0.1) is 11.8 Å². The molecule has 0 spiro atoms. The lowest BCUT2D eigenvalue weighted by Gasteiger charge is -2.21. The third-order valence-electron chi connectivity index (χ3n) is 17.7. The van der Waals surface area contributed by atoms with Crippen molar-refractivity contribution in [1.82, 2.24) is 0 Å². The molecule has 0 heterocycles. The molecule has 0 aliphatic heterocycles. The molecule has 0 aromatic rings. The van der Waals surface area contributed by atoms with Gasteiger partial charge in [-0.3, -0.25) is 37.3 Å². The van der Waals surface area contributed by atoms with Crippen LogP contribution in [0.15, 0.2) is 0 Å². The molecule has 3 N–H and O–H groups in total. The molecule has 0 aliphatic rings. The number of aliphatic hydroxyl groups excluding tert-OH is 1. The van der Waals surface area contributed by atoms with E-state index in [-0.39, 0.29) is 25.7 Å². The second-order valence-electron chi connectivity index (χ2n) is 28.3. The van der Waals surface area contributed by atoms with E-state index < -0.39 is 97.5 Å².